The molecule has 1 aromatic heterocycles. The molecule has 1 fully saturated rings. The normalized spacial score (nSPS) is 21.0. The lowest BCUT2D eigenvalue weighted by molar-refractivity contribution is 0.155. The van der Waals surface area contributed by atoms with Crippen LogP contribution in [0.1, 0.15) is 38.3 Å². The molecule has 1 saturated heterocycles. The number of aromatic nitrogens is 1. The van der Waals surface area contributed by atoms with Crippen molar-refractivity contribution in [1.82, 2.24) is 14.6 Å². The summed E-state index contributed by atoms with van der Waals surface area (Å²) in [6.07, 6.45) is 3.86. The van der Waals surface area contributed by atoms with Crippen LogP contribution in [0.2, 0.25) is 0 Å². The van der Waals surface area contributed by atoms with E-state index in [1.54, 1.807) is 20.0 Å². The van der Waals surface area contributed by atoms with Gasteiger partial charge in [0.05, 0.1) is 18.0 Å². The van der Waals surface area contributed by atoms with Crippen molar-refractivity contribution in [3.05, 3.63) is 17.8 Å². The van der Waals surface area contributed by atoms with Crippen LogP contribution in [0.3, 0.4) is 0 Å². The SMILES string of the molecule is Cc1cnc(CN2CCCC(CNS(=O)(=O)C(C)C)C2)o1. The minimum Gasteiger partial charge on any atom is -0.445 e. The van der Waals surface area contributed by atoms with E-state index in [4.69, 9.17) is 4.42 Å². The van der Waals surface area contributed by atoms with Gasteiger partial charge in [0.25, 0.3) is 0 Å². The average molecular weight is 315 g/mol. The second-order valence-electron chi connectivity index (χ2n) is 6.05. The van der Waals surface area contributed by atoms with Crippen LogP contribution in [-0.2, 0) is 16.6 Å². The number of sulfonamides is 1. The highest BCUT2D eigenvalue weighted by Crippen LogP contribution is 2.18. The van der Waals surface area contributed by atoms with Gasteiger partial charge < -0.3 is 4.42 Å². The molecule has 120 valence electrons. The van der Waals surface area contributed by atoms with Gasteiger partial charge in [-0.1, -0.05) is 0 Å². The molecule has 1 unspecified atom stereocenters. The zero-order valence-corrected chi connectivity index (χ0v) is 13.8. The van der Waals surface area contributed by atoms with Gasteiger partial charge in [-0.25, -0.2) is 18.1 Å². The number of likely N-dealkylation sites (tertiary alicyclic amines) is 1. The molecular formula is C14H25N3O3S. The number of oxazole rings is 1. The van der Waals surface area contributed by atoms with Gasteiger partial charge in [0.15, 0.2) is 0 Å². The lowest BCUT2D eigenvalue weighted by Gasteiger charge is -2.32. The maximum Gasteiger partial charge on any atom is 0.213 e. The van der Waals surface area contributed by atoms with Gasteiger partial charge in [0.1, 0.15) is 5.76 Å². The summed E-state index contributed by atoms with van der Waals surface area (Å²) in [5.74, 6) is 1.91. The van der Waals surface area contributed by atoms with Crippen molar-refractivity contribution < 1.29 is 12.8 Å². The minimum atomic E-state index is -3.17. The van der Waals surface area contributed by atoms with Crippen LogP contribution in [0.4, 0.5) is 0 Å². The monoisotopic (exact) mass is 315 g/mol. The van der Waals surface area contributed by atoms with E-state index >= 15 is 0 Å². The number of hydrogen-bond acceptors (Lipinski definition) is 5. The lowest BCUT2D eigenvalue weighted by atomic mass is 9.98. The molecule has 2 heterocycles. The number of rotatable bonds is 6. The molecule has 0 aromatic carbocycles. The van der Waals surface area contributed by atoms with Crippen molar-refractivity contribution in [2.75, 3.05) is 19.6 Å². The lowest BCUT2D eigenvalue weighted by Crippen LogP contribution is -2.42. The van der Waals surface area contributed by atoms with Crippen molar-refractivity contribution >= 4 is 10.0 Å². The zero-order chi connectivity index (χ0) is 15.5. The maximum absolute atomic E-state index is 11.8. The first-order valence-electron chi connectivity index (χ1n) is 7.49. The molecular weight excluding hydrogens is 290 g/mol. The predicted molar refractivity (Wildman–Crippen MR) is 81.3 cm³/mol. The van der Waals surface area contributed by atoms with E-state index in [0.29, 0.717) is 19.0 Å². The van der Waals surface area contributed by atoms with E-state index in [2.05, 4.69) is 14.6 Å². The van der Waals surface area contributed by atoms with Gasteiger partial charge in [-0.05, 0) is 46.1 Å². The first kappa shape index (κ1) is 16.5. The summed E-state index contributed by atoms with van der Waals surface area (Å²) in [6.45, 7) is 8.37. The minimum absolute atomic E-state index is 0.350. The van der Waals surface area contributed by atoms with Crippen LogP contribution in [0.5, 0.6) is 0 Å². The molecule has 0 bridgehead atoms. The van der Waals surface area contributed by atoms with E-state index in [1.807, 2.05) is 6.92 Å². The Morgan fingerprint density at radius 1 is 1.52 bits per heavy atom. The highest BCUT2D eigenvalue weighted by Gasteiger charge is 2.23. The van der Waals surface area contributed by atoms with Gasteiger partial charge in [-0.2, -0.15) is 0 Å². The van der Waals surface area contributed by atoms with E-state index in [9.17, 15) is 8.42 Å². The van der Waals surface area contributed by atoms with Gasteiger partial charge in [-0.3, -0.25) is 4.90 Å². The van der Waals surface area contributed by atoms with E-state index in [1.165, 1.54) is 0 Å². The first-order chi connectivity index (χ1) is 9.87. The van der Waals surface area contributed by atoms with Crippen molar-refractivity contribution in [3.63, 3.8) is 0 Å². The molecule has 6 nitrogen and oxygen atoms in total. The van der Waals surface area contributed by atoms with E-state index in [0.717, 1.165) is 37.6 Å². The number of nitrogens with zero attached hydrogens (tertiary/aromatic N) is 2. The molecule has 1 aliphatic rings. The Morgan fingerprint density at radius 2 is 2.29 bits per heavy atom. The van der Waals surface area contributed by atoms with Gasteiger partial charge in [0, 0.05) is 13.1 Å². The van der Waals surface area contributed by atoms with E-state index < -0.39 is 10.0 Å². The van der Waals surface area contributed by atoms with Crippen molar-refractivity contribution in [2.24, 2.45) is 5.92 Å². The summed E-state index contributed by atoms with van der Waals surface area (Å²) in [4.78, 5) is 6.50. The Labute approximate surface area is 127 Å². The second-order valence-corrected chi connectivity index (χ2v) is 8.37. The molecule has 1 aliphatic heterocycles. The fourth-order valence-electron chi connectivity index (χ4n) is 2.53. The van der Waals surface area contributed by atoms with Crippen LogP contribution >= 0.6 is 0 Å². The van der Waals surface area contributed by atoms with Crippen LogP contribution in [0.25, 0.3) is 0 Å². The molecule has 0 spiro atoms. The smallest absolute Gasteiger partial charge is 0.213 e. The molecule has 1 atom stereocenters. The van der Waals surface area contributed by atoms with Gasteiger partial charge in [-0.15, -0.1) is 0 Å². The summed E-state index contributed by atoms with van der Waals surface area (Å²) in [6, 6.07) is 0. The molecule has 0 radical (unpaired) electrons. The Hall–Kier alpha value is -0.920. The molecule has 0 saturated carbocycles. The van der Waals surface area contributed by atoms with Crippen molar-refractivity contribution in [1.29, 1.82) is 0 Å². The molecule has 21 heavy (non-hydrogen) atoms. The third kappa shape index (κ3) is 4.79. The first-order valence-corrected chi connectivity index (χ1v) is 9.03. The Bertz CT molecular complexity index is 554. The van der Waals surface area contributed by atoms with Crippen LogP contribution in [-0.4, -0.2) is 43.2 Å². The standard InChI is InChI=1S/C14H25N3O3S/c1-11(2)21(18,19)16-8-13-5-4-6-17(9-13)10-14-15-7-12(3)20-14/h7,11,13,16H,4-6,8-10H2,1-3H3. The quantitative estimate of drug-likeness (QED) is 0.861. The summed E-state index contributed by atoms with van der Waals surface area (Å²) in [5.41, 5.74) is 0. The third-order valence-electron chi connectivity index (χ3n) is 3.82. The summed E-state index contributed by atoms with van der Waals surface area (Å²) >= 11 is 0. The van der Waals surface area contributed by atoms with Crippen LogP contribution < -0.4 is 4.72 Å². The Balaban J connectivity index is 1.83. The fourth-order valence-corrected chi connectivity index (χ4v) is 3.33. The van der Waals surface area contributed by atoms with Crippen LogP contribution in [0, 0.1) is 12.8 Å². The molecule has 0 aliphatic carbocycles. The topological polar surface area (TPSA) is 75.4 Å². The number of nitrogens with one attached hydrogen (secondary N) is 1. The summed E-state index contributed by atoms with van der Waals surface area (Å²) < 4.78 is 31.8. The number of hydrogen-bond donors (Lipinski definition) is 1. The third-order valence-corrected chi connectivity index (χ3v) is 5.64. The van der Waals surface area contributed by atoms with Crippen LogP contribution in [0.15, 0.2) is 10.6 Å². The van der Waals surface area contributed by atoms with Gasteiger partial charge >= 0.3 is 0 Å². The summed E-state index contributed by atoms with van der Waals surface area (Å²) in [5, 5.41) is -0.382. The zero-order valence-electron chi connectivity index (χ0n) is 13.0. The summed E-state index contributed by atoms with van der Waals surface area (Å²) in [7, 11) is -3.17. The van der Waals surface area contributed by atoms with Crippen molar-refractivity contribution in [2.45, 2.75) is 45.4 Å². The molecule has 1 N–H and O–H groups in total. The number of piperidine rings is 1. The van der Waals surface area contributed by atoms with Gasteiger partial charge in [0.2, 0.25) is 15.9 Å². The average Bonchev–Trinajstić information content (AvgIpc) is 2.82. The molecule has 1 aromatic rings. The second kappa shape index (κ2) is 6.89. The van der Waals surface area contributed by atoms with Crippen molar-refractivity contribution in [3.8, 4) is 0 Å². The molecule has 0 amide bonds. The molecule has 2 rings (SSSR count). The molecule has 7 heteroatoms. The Kier molecular flexibility index (Phi) is 5.40. The maximum atomic E-state index is 11.8. The highest BCUT2D eigenvalue weighted by atomic mass is 32.2. The number of aryl methyl sites for hydroxylation is 1. The largest absolute Gasteiger partial charge is 0.445 e. The predicted octanol–water partition coefficient (Wildman–Crippen LogP) is 1.52. The van der Waals surface area contributed by atoms with E-state index in [-0.39, 0.29) is 5.25 Å². The highest BCUT2D eigenvalue weighted by molar-refractivity contribution is 7.90. The fraction of sp³-hybridized carbons (Fsp3) is 0.786. The Morgan fingerprint density at radius 3 is 2.90 bits per heavy atom.